The Labute approximate surface area is 106 Å². The van der Waals surface area contributed by atoms with Crippen LogP contribution in [0.3, 0.4) is 0 Å². The van der Waals surface area contributed by atoms with Gasteiger partial charge in [-0.15, -0.1) is 11.3 Å². The Balaban J connectivity index is 1.72. The first-order chi connectivity index (χ1) is 8.07. The fourth-order valence-electron chi connectivity index (χ4n) is 2.05. The van der Waals surface area contributed by atoms with Crippen LogP contribution in [0.15, 0.2) is 5.51 Å². The minimum Gasteiger partial charge on any atom is -0.314 e. The summed E-state index contributed by atoms with van der Waals surface area (Å²) in [5.41, 5.74) is 2.99. The van der Waals surface area contributed by atoms with Crippen molar-refractivity contribution in [1.29, 1.82) is 0 Å². The first-order valence-electron chi connectivity index (χ1n) is 5.89. The molecule has 6 heteroatoms. The van der Waals surface area contributed by atoms with Gasteiger partial charge in [-0.3, -0.25) is 0 Å². The molecular weight excluding hydrogens is 256 g/mol. The second-order valence-corrected chi connectivity index (χ2v) is 7.73. The van der Waals surface area contributed by atoms with E-state index in [2.05, 4.69) is 10.3 Å². The molecule has 17 heavy (non-hydrogen) atoms. The number of thiazole rings is 1. The Kier molecular flexibility index (Phi) is 4.17. The van der Waals surface area contributed by atoms with E-state index < -0.39 is 9.84 Å². The van der Waals surface area contributed by atoms with E-state index >= 15 is 0 Å². The highest BCUT2D eigenvalue weighted by Gasteiger charge is 2.22. The van der Waals surface area contributed by atoms with Crippen molar-refractivity contribution < 1.29 is 8.42 Å². The molecule has 1 fully saturated rings. The first-order valence-corrected chi connectivity index (χ1v) is 8.60. The molecule has 0 bridgehead atoms. The topological polar surface area (TPSA) is 59.1 Å². The quantitative estimate of drug-likeness (QED) is 0.895. The van der Waals surface area contributed by atoms with Crippen LogP contribution in [0.2, 0.25) is 0 Å². The van der Waals surface area contributed by atoms with Gasteiger partial charge < -0.3 is 5.32 Å². The van der Waals surface area contributed by atoms with Gasteiger partial charge in [-0.2, -0.15) is 0 Å². The Morgan fingerprint density at radius 3 is 2.76 bits per heavy atom. The summed E-state index contributed by atoms with van der Waals surface area (Å²) in [5.74, 6) is 0.675. The summed E-state index contributed by atoms with van der Waals surface area (Å²) < 4.78 is 22.5. The maximum Gasteiger partial charge on any atom is 0.150 e. The summed E-state index contributed by atoms with van der Waals surface area (Å²) >= 11 is 1.69. The number of sulfone groups is 1. The molecular formula is C11H18N2O2S2. The van der Waals surface area contributed by atoms with Gasteiger partial charge in [0.15, 0.2) is 0 Å². The van der Waals surface area contributed by atoms with Gasteiger partial charge in [-0.1, -0.05) is 0 Å². The SMILES string of the molecule is Cc1ncsc1CCNC1CCS(=O)(=O)CC1. The Bertz CT molecular complexity index is 454. The Morgan fingerprint density at radius 2 is 2.18 bits per heavy atom. The highest BCUT2D eigenvalue weighted by molar-refractivity contribution is 7.91. The van der Waals surface area contributed by atoms with E-state index in [9.17, 15) is 8.42 Å². The van der Waals surface area contributed by atoms with Crippen molar-refractivity contribution in [2.45, 2.75) is 32.2 Å². The predicted molar refractivity (Wildman–Crippen MR) is 70.2 cm³/mol. The van der Waals surface area contributed by atoms with Crippen LogP contribution in [0.5, 0.6) is 0 Å². The molecule has 0 unspecified atom stereocenters. The third kappa shape index (κ3) is 3.76. The lowest BCUT2D eigenvalue weighted by atomic mass is 10.1. The predicted octanol–water partition coefficient (Wildman–Crippen LogP) is 1.16. The number of nitrogens with zero attached hydrogens (tertiary/aromatic N) is 1. The molecule has 2 heterocycles. The smallest absolute Gasteiger partial charge is 0.150 e. The van der Waals surface area contributed by atoms with Gasteiger partial charge in [0.2, 0.25) is 0 Å². The normalized spacial score (nSPS) is 20.5. The summed E-state index contributed by atoms with van der Waals surface area (Å²) in [6, 6.07) is 0.367. The highest BCUT2D eigenvalue weighted by atomic mass is 32.2. The summed E-state index contributed by atoms with van der Waals surface area (Å²) in [7, 11) is -2.74. The van der Waals surface area contributed by atoms with Gasteiger partial charge >= 0.3 is 0 Å². The van der Waals surface area contributed by atoms with E-state index in [-0.39, 0.29) is 0 Å². The van der Waals surface area contributed by atoms with Crippen LogP contribution < -0.4 is 5.32 Å². The molecule has 1 aromatic heterocycles. The molecule has 1 N–H and O–H groups in total. The lowest BCUT2D eigenvalue weighted by Crippen LogP contribution is -2.38. The molecule has 1 aliphatic heterocycles. The van der Waals surface area contributed by atoms with Crippen LogP contribution in [0.4, 0.5) is 0 Å². The number of aryl methyl sites for hydroxylation is 1. The number of aromatic nitrogens is 1. The highest BCUT2D eigenvalue weighted by Crippen LogP contribution is 2.14. The molecule has 0 atom stereocenters. The summed E-state index contributed by atoms with van der Waals surface area (Å²) in [6.07, 6.45) is 2.49. The van der Waals surface area contributed by atoms with Crippen molar-refractivity contribution in [3.8, 4) is 0 Å². The Hall–Kier alpha value is -0.460. The zero-order valence-electron chi connectivity index (χ0n) is 9.98. The van der Waals surface area contributed by atoms with Crippen LogP contribution in [0, 0.1) is 6.92 Å². The number of nitrogens with one attached hydrogen (secondary N) is 1. The lowest BCUT2D eigenvalue weighted by molar-refractivity contribution is 0.467. The van der Waals surface area contributed by atoms with Crippen molar-refractivity contribution in [3.63, 3.8) is 0 Å². The summed E-state index contributed by atoms with van der Waals surface area (Å²) in [5, 5.41) is 3.44. The van der Waals surface area contributed by atoms with Crippen molar-refractivity contribution in [1.82, 2.24) is 10.3 Å². The standard InChI is InChI=1S/C11H18N2O2S2/c1-9-11(16-8-13-9)2-5-12-10-3-6-17(14,15)7-4-10/h8,10,12H,2-7H2,1H3. The van der Waals surface area contributed by atoms with Crippen LogP contribution in [-0.2, 0) is 16.3 Å². The number of hydrogen-bond acceptors (Lipinski definition) is 5. The van der Waals surface area contributed by atoms with Gasteiger partial charge in [0, 0.05) is 17.5 Å². The van der Waals surface area contributed by atoms with Gasteiger partial charge in [0.05, 0.1) is 22.7 Å². The molecule has 0 spiro atoms. The zero-order chi connectivity index (χ0) is 12.3. The molecule has 1 saturated heterocycles. The number of hydrogen-bond donors (Lipinski definition) is 1. The fraction of sp³-hybridized carbons (Fsp3) is 0.727. The van der Waals surface area contributed by atoms with Gasteiger partial charge in [0.25, 0.3) is 0 Å². The van der Waals surface area contributed by atoms with E-state index in [0.717, 1.165) is 31.5 Å². The molecule has 0 saturated carbocycles. The van der Waals surface area contributed by atoms with Crippen molar-refractivity contribution in [2.24, 2.45) is 0 Å². The molecule has 2 rings (SSSR count). The molecule has 96 valence electrons. The average Bonchev–Trinajstić information content (AvgIpc) is 2.67. The molecule has 1 aliphatic rings. The first kappa shape index (κ1) is 13.0. The van der Waals surface area contributed by atoms with E-state index in [0.29, 0.717) is 17.5 Å². The minimum atomic E-state index is -2.74. The maximum atomic E-state index is 11.3. The third-order valence-electron chi connectivity index (χ3n) is 3.18. The zero-order valence-corrected chi connectivity index (χ0v) is 11.6. The maximum absolute atomic E-state index is 11.3. The largest absolute Gasteiger partial charge is 0.314 e. The lowest BCUT2D eigenvalue weighted by Gasteiger charge is -2.22. The van der Waals surface area contributed by atoms with Crippen LogP contribution in [-0.4, -0.2) is 37.5 Å². The Morgan fingerprint density at radius 1 is 1.47 bits per heavy atom. The summed E-state index contributed by atoms with van der Waals surface area (Å²) in [6.45, 7) is 2.94. The fourth-order valence-corrected chi connectivity index (χ4v) is 4.32. The number of rotatable bonds is 4. The second kappa shape index (κ2) is 5.46. The molecule has 0 aromatic carbocycles. The van der Waals surface area contributed by atoms with Gasteiger partial charge in [0.1, 0.15) is 9.84 Å². The molecule has 1 aromatic rings. The minimum absolute atomic E-state index is 0.338. The van der Waals surface area contributed by atoms with Gasteiger partial charge in [-0.05, 0) is 26.2 Å². The molecule has 0 aliphatic carbocycles. The second-order valence-electron chi connectivity index (χ2n) is 4.49. The average molecular weight is 274 g/mol. The van der Waals surface area contributed by atoms with Crippen molar-refractivity contribution in [3.05, 3.63) is 16.1 Å². The van der Waals surface area contributed by atoms with E-state index in [1.807, 2.05) is 12.4 Å². The van der Waals surface area contributed by atoms with Crippen LogP contribution >= 0.6 is 11.3 Å². The molecule has 4 nitrogen and oxygen atoms in total. The van der Waals surface area contributed by atoms with E-state index in [1.54, 1.807) is 11.3 Å². The van der Waals surface area contributed by atoms with E-state index in [4.69, 9.17) is 0 Å². The van der Waals surface area contributed by atoms with Crippen LogP contribution in [0.1, 0.15) is 23.4 Å². The van der Waals surface area contributed by atoms with Crippen LogP contribution in [0.25, 0.3) is 0 Å². The summed E-state index contributed by atoms with van der Waals surface area (Å²) in [4.78, 5) is 5.53. The van der Waals surface area contributed by atoms with E-state index in [1.165, 1.54) is 4.88 Å². The monoisotopic (exact) mass is 274 g/mol. The third-order valence-corrected chi connectivity index (χ3v) is 5.89. The van der Waals surface area contributed by atoms with Gasteiger partial charge in [-0.25, -0.2) is 13.4 Å². The van der Waals surface area contributed by atoms with Crippen molar-refractivity contribution in [2.75, 3.05) is 18.1 Å². The molecule has 0 radical (unpaired) electrons. The molecule has 0 amide bonds. The van der Waals surface area contributed by atoms with Crippen molar-refractivity contribution >= 4 is 21.2 Å².